The topological polar surface area (TPSA) is 58.2 Å². The van der Waals surface area contributed by atoms with Gasteiger partial charge in [0.2, 0.25) is 11.8 Å². The van der Waals surface area contributed by atoms with Gasteiger partial charge in [-0.25, -0.2) is 0 Å². The third-order valence-electron chi connectivity index (χ3n) is 2.66. The third kappa shape index (κ3) is 5.09. The van der Waals surface area contributed by atoms with Gasteiger partial charge < -0.3 is 10.6 Å². The molecule has 4 nitrogen and oxygen atoms in total. The predicted molar refractivity (Wildman–Crippen MR) is 91.6 cm³/mol. The number of thioether (sulfide) groups is 1. The van der Waals surface area contributed by atoms with Gasteiger partial charge in [-0.2, -0.15) is 0 Å². The molecule has 0 aliphatic rings. The van der Waals surface area contributed by atoms with Crippen molar-refractivity contribution >= 4 is 46.6 Å². The van der Waals surface area contributed by atoms with Gasteiger partial charge in [-0.15, -0.1) is 11.8 Å². The van der Waals surface area contributed by atoms with Crippen molar-refractivity contribution in [1.82, 2.24) is 0 Å². The second-order valence-corrected chi connectivity index (χ2v) is 5.98. The zero-order chi connectivity index (χ0) is 15.9. The van der Waals surface area contributed by atoms with Gasteiger partial charge in [-0.3, -0.25) is 9.59 Å². The molecule has 0 bridgehead atoms. The van der Waals surface area contributed by atoms with Crippen LogP contribution in [0.1, 0.15) is 6.92 Å². The number of benzene rings is 2. The van der Waals surface area contributed by atoms with Crippen molar-refractivity contribution < 1.29 is 9.59 Å². The fraction of sp³-hybridized carbons (Fsp3) is 0.125. The SMILES string of the molecule is CC(=O)Nc1ccccc1SCC(=O)Nc1cccc(Cl)c1. The molecule has 6 heteroatoms. The van der Waals surface area contributed by atoms with Gasteiger partial charge in [0.1, 0.15) is 0 Å². The molecule has 2 rings (SSSR count). The molecule has 2 amide bonds. The number of amides is 2. The molecule has 2 N–H and O–H groups in total. The van der Waals surface area contributed by atoms with Crippen LogP contribution < -0.4 is 10.6 Å². The molecule has 2 aromatic rings. The summed E-state index contributed by atoms with van der Waals surface area (Å²) in [4.78, 5) is 24.0. The van der Waals surface area contributed by atoms with Gasteiger partial charge in [0.15, 0.2) is 0 Å². The quantitative estimate of drug-likeness (QED) is 0.812. The number of halogens is 1. The lowest BCUT2D eigenvalue weighted by molar-refractivity contribution is -0.114. The van der Waals surface area contributed by atoms with Crippen molar-refractivity contribution in [1.29, 1.82) is 0 Å². The van der Waals surface area contributed by atoms with Crippen molar-refractivity contribution in [2.45, 2.75) is 11.8 Å². The van der Waals surface area contributed by atoms with E-state index in [1.54, 1.807) is 30.3 Å². The number of para-hydroxylation sites is 1. The van der Waals surface area contributed by atoms with E-state index < -0.39 is 0 Å². The third-order valence-corrected chi connectivity index (χ3v) is 3.97. The zero-order valence-electron chi connectivity index (χ0n) is 11.9. The summed E-state index contributed by atoms with van der Waals surface area (Å²) in [7, 11) is 0. The Morgan fingerprint density at radius 1 is 1.09 bits per heavy atom. The molecule has 0 fully saturated rings. The number of nitrogens with one attached hydrogen (secondary N) is 2. The first kappa shape index (κ1) is 16.4. The summed E-state index contributed by atoms with van der Waals surface area (Å²) < 4.78 is 0. The van der Waals surface area contributed by atoms with Crippen LogP contribution in [0, 0.1) is 0 Å². The van der Waals surface area contributed by atoms with Gasteiger partial charge >= 0.3 is 0 Å². The molecule has 0 saturated carbocycles. The number of hydrogen-bond acceptors (Lipinski definition) is 3. The summed E-state index contributed by atoms with van der Waals surface area (Å²) in [5.74, 6) is -0.0374. The number of carbonyl (C=O) groups is 2. The largest absolute Gasteiger partial charge is 0.325 e. The predicted octanol–water partition coefficient (Wildman–Crippen LogP) is 4.03. The molecule has 0 radical (unpaired) electrons. The summed E-state index contributed by atoms with van der Waals surface area (Å²) in [6, 6.07) is 14.4. The molecule has 0 atom stereocenters. The van der Waals surface area contributed by atoms with E-state index in [9.17, 15) is 9.59 Å². The van der Waals surface area contributed by atoms with Crippen molar-refractivity contribution in [2.24, 2.45) is 0 Å². The Hall–Kier alpha value is -1.98. The minimum Gasteiger partial charge on any atom is -0.325 e. The highest BCUT2D eigenvalue weighted by molar-refractivity contribution is 8.00. The molecule has 2 aromatic carbocycles. The monoisotopic (exact) mass is 334 g/mol. The lowest BCUT2D eigenvalue weighted by Crippen LogP contribution is -2.14. The van der Waals surface area contributed by atoms with E-state index in [0.29, 0.717) is 16.4 Å². The van der Waals surface area contributed by atoms with Crippen molar-refractivity contribution in [3.05, 3.63) is 53.6 Å². The van der Waals surface area contributed by atoms with Gasteiger partial charge in [0.05, 0.1) is 11.4 Å². The first-order valence-corrected chi connectivity index (χ1v) is 7.96. The van der Waals surface area contributed by atoms with Crippen LogP contribution >= 0.6 is 23.4 Å². The van der Waals surface area contributed by atoms with Crippen molar-refractivity contribution in [2.75, 3.05) is 16.4 Å². The summed E-state index contributed by atoms with van der Waals surface area (Å²) in [5.41, 5.74) is 1.36. The molecular weight excluding hydrogens is 320 g/mol. The van der Waals surface area contributed by atoms with Crippen LogP contribution in [0.25, 0.3) is 0 Å². The Labute approximate surface area is 138 Å². The van der Waals surface area contributed by atoms with E-state index in [-0.39, 0.29) is 17.6 Å². The molecule has 0 spiro atoms. The highest BCUT2D eigenvalue weighted by atomic mass is 35.5. The van der Waals surface area contributed by atoms with Crippen LogP contribution in [-0.4, -0.2) is 17.6 Å². The summed E-state index contributed by atoms with van der Waals surface area (Å²) in [6.45, 7) is 1.45. The molecule has 114 valence electrons. The van der Waals surface area contributed by atoms with Gasteiger partial charge in [0.25, 0.3) is 0 Å². The molecule has 22 heavy (non-hydrogen) atoms. The summed E-state index contributed by atoms with van der Waals surface area (Å²) in [6.07, 6.45) is 0. The standard InChI is InChI=1S/C16H15ClN2O2S/c1-11(20)18-14-7-2-3-8-15(14)22-10-16(21)19-13-6-4-5-12(17)9-13/h2-9H,10H2,1H3,(H,18,20)(H,19,21). The van der Waals surface area contributed by atoms with E-state index in [1.807, 2.05) is 18.2 Å². The number of rotatable bonds is 5. The number of hydrogen-bond donors (Lipinski definition) is 2. The van der Waals surface area contributed by atoms with Gasteiger partial charge in [-0.05, 0) is 30.3 Å². The Bertz CT molecular complexity index is 691. The van der Waals surface area contributed by atoms with Crippen LogP contribution in [0.3, 0.4) is 0 Å². The Morgan fingerprint density at radius 2 is 1.86 bits per heavy atom. The Kier molecular flexibility index (Phi) is 5.86. The van der Waals surface area contributed by atoms with Crippen molar-refractivity contribution in [3.8, 4) is 0 Å². The van der Waals surface area contributed by atoms with Crippen LogP contribution in [0.2, 0.25) is 5.02 Å². The summed E-state index contributed by atoms with van der Waals surface area (Å²) in [5, 5.41) is 6.10. The number of carbonyl (C=O) groups excluding carboxylic acids is 2. The highest BCUT2D eigenvalue weighted by Gasteiger charge is 2.08. The maximum absolute atomic E-state index is 12.0. The smallest absolute Gasteiger partial charge is 0.234 e. The van der Waals surface area contributed by atoms with Crippen LogP contribution in [0.15, 0.2) is 53.4 Å². The fourth-order valence-corrected chi connectivity index (χ4v) is 2.79. The second-order valence-electron chi connectivity index (χ2n) is 4.52. The van der Waals surface area contributed by atoms with Gasteiger partial charge in [0, 0.05) is 22.5 Å². The lowest BCUT2D eigenvalue weighted by Gasteiger charge is -2.09. The molecule has 0 aliphatic carbocycles. The first-order valence-electron chi connectivity index (χ1n) is 6.59. The molecular formula is C16H15ClN2O2S. The maximum atomic E-state index is 12.0. The van der Waals surface area contributed by atoms with Crippen LogP contribution in [0.5, 0.6) is 0 Å². The van der Waals surface area contributed by atoms with Gasteiger partial charge in [-0.1, -0.05) is 29.8 Å². The minimum absolute atomic E-state index is 0.134. The average molecular weight is 335 g/mol. The fourth-order valence-electron chi connectivity index (χ4n) is 1.79. The average Bonchev–Trinajstić information content (AvgIpc) is 2.46. The first-order chi connectivity index (χ1) is 10.5. The number of anilines is 2. The van der Waals surface area contributed by atoms with E-state index >= 15 is 0 Å². The molecule has 0 aliphatic heterocycles. The van der Waals surface area contributed by atoms with E-state index in [4.69, 9.17) is 11.6 Å². The Balaban J connectivity index is 1.95. The normalized spacial score (nSPS) is 10.1. The zero-order valence-corrected chi connectivity index (χ0v) is 13.5. The Morgan fingerprint density at radius 3 is 2.59 bits per heavy atom. The molecule has 0 saturated heterocycles. The molecule has 0 aromatic heterocycles. The van der Waals surface area contributed by atoms with Crippen LogP contribution in [0.4, 0.5) is 11.4 Å². The lowest BCUT2D eigenvalue weighted by atomic mass is 10.3. The second kappa shape index (κ2) is 7.87. The van der Waals surface area contributed by atoms with Crippen LogP contribution in [-0.2, 0) is 9.59 Å². The molecule has 0 heterocycles. The van der Waals surface area contributed by atoms with E-state index in [2.05, 4.69) is 10.6 Å². The summed E-state index contributed by atoms with van der Waals surface area (Å²) >= 11 is 7.23. The van der Waals surface area contributed by atoms with E-state index in [0.717, 1.165) is 4.90 Å². The van der Waals surface area contributed by atoms with Crippen molar-refractivity contribution in [3.63, 3.8) is 0 Å². The van der Waals surface area contributed by atoms with E-state index in [1.165, 1.54) is 18.7 Å². The maximum Gasteiger partial charge on any atom is 0.234 e. The highest BCUT2D eigenvalue weighted by Crippen LogP contribution is 2.27. The minimum atomic E-state index is -0.142. The molecule has 0 unspecified atom stereocenters.